The molecule has 0 aliphatic carbocycles. The zero-order valence-corrected chi connectivity index (χ0v) is 10.0. The molecule has 90 valence electrons. The van der Waals surface area contributed by atoms with E-state index in [0.29, 0.717) is 6.42 Å². The van der Waals surface area contributed by atoms with Crippen LogP contribution in [-0.4, -0.2) is 23.1 Å². The van der Waals surface area contributed by atoms with Gasteiger partial charge in [-0.15, -0.1) is 0 Å². The molecular weight excluding hydrogens is 214 g/mol. The lowest BCUT2D eigenvalue weighted by Gasteiger charge is -2.30. The Kier molecular flexibility index (Phi) is 2.63. The summed E-state index contributed by atoms with van der Waals surface area (Å²) >= 11 is 0. The first-order chi connectivity index (χ1) is 8.27. The van der Waals surface area contributed by atoms with E-state index in [-0.39, 0.29) is 24.3 Å². The maximum atomic E-state index is 11.9. The summed E-state index contributed by atoms with van der Waals surface area (Å²) in [4.78, 5) is 13.8. The van der Waals surface area contributed by atoms with Crippen LogP contribution >= 0.6 is 0 Å². The molecule has 0 radical (unpaired) electrons. The van der Waals surface area contributed by atoms with Gasteiger partial charge >= 0.3 is 0 Å². The molecule has 3 rings (SSSR count). The molecule has 3 nitrogen and oxygen atoms in total. The highest BCUT2D eigenvalue weighted by molar-refractivity contribution is 5.77. The lowest BCUT2D eigenvalue weighted by molar-refractivity contribution is -0.142. The van der Waals surface area contributed by atoms with Crippen molar-refractivity contribution < 1.29 is 9.53 Å². The maximum Gasteiger partial charge on any atom is 0.224 e. The molecule has 0 aromatic heterocycles. The van der Waals surface area contributed by atoms with Gasteiger partial charge in [0.2, 0.25) is 5.91 Å². The molecule has 0 N–H and O–H groups in total. The van der Waals surface area contributed by atoms with Gasteiger partial charge in [0, 0.05) is 6.42 Å². The van der Waals surface area contributed by atoms with Crippen LogP contribution in [0.4, 0.5) is 0 Å². The van der Waals surface area contributed by atoms with Gasteiger partial charge in [-0.2, -0.15) is 0 Å². The second kappa shape index (κ2) is 4.15. The topological polar surface area (TPSA) is 29.5 Å². The molecule has 2 saturated heterocycles. The molecular formula is C14H17NO2. The molecule has 0 saturated carbocycles. The molecule has 1 aromatic rings. The summed E-state index contributed by atoms with van der Waals surface area (Å²) in [5, 5.41) is 0. The molecule has 0 bridgehead atoms. The fourth-order valence-corrected chi connectivity index (χ4v) is 2.91. The molecule has 2 heterocycles. The van der Waals surface area contributed by atoms with Gasteiger partial charge in [0.1, 0.15) is 12.3 Å². The van der Waals surface area contributed by atoms with E-state index in [1.807, 2.05) is 23.1 Å². The highest BCUT2D eigenvalue weighted by atomic mass is 16.5. The Morgan fingerprint density at radius 1 is 1.29 bits per heavy atom. The predicted molar refractivity (Wildman–Crippen MR) is 64.2 cm³/mol. The van der Waals surface area contributed by atoms with E-state index < -0.39 is 0 Å². The summed E-state index contributed by atoms with van der Waals surface area (Å²) in [6, 6.07) is 10.3. The summed E-state index contributed by atoms with van der Waals surface area (Å²) < 4.78 is 6.04. The van der Waals surface area contributed by atoms with Crippen molar-refractivity contribution in [3.63, 3.8) is 0 Å². The molecule has 1 aromatic carbocycles. The zero-order valence-electron chi connectivity index (χ0n) is 10.0. The molecule has 0 spiro atoms. The number of hydrogen-bond acceptors (Lipinski definition) is 2. The van der Waals surface area contributed by atoms with E-state index in [4.69, 9.17) is 4.74 Å². The Labute approximate surface area is 101 Å². The number of ether oxygens (including phenoxy) is 1. The SMILES string of the molecule is C[C@@H]1[C@H](c2ccccc2)O[C@H]2CCCC(=O)N21. The van der Waals surface area contributed by atoms with Crippen LogP contribution in [0.15, 0.2) is 30.3 Å². The molecule has 17 heavy (non-hydrogen) atoms. The van der Waals surface area contributed by atoms with E-state index in [1.165, 1.54) is 5.56 Å². The van der Waals surface area contributed by atoms with Crippen LogP contribution in [0.2, 0.25) is 0 Å². The second-order valence-corrected chi connectivity index (χ2v) is 4.86. The van der Waals surface area contributed by atoms with Crippen molar-refractivity contribution in [2.45, 2.75) is 44.6 Å². The van der Waals surface area contributed by atoms with Crippen LogP contribution in [0.3, 0.4) is 0 Å². The molecule has 0 unspecified atom stereocenters. The van der Waals surface area contributed by atoms with Crippen molar-refractivity contribution in [3.05, 3.63) is 35.9 Å². The van der Waals surface area contributed by atoms with Crippen LogP contribution in [0.1, 0.15) is 37.9 Å². The number of carbonyl (C=O) groups excluding carboxylic acids is 1. The van der Waals surface area contributed by atoms with Crippen molar-refractivity contribution in [2.75, 3.05) is 0 Å². The first-order valence-corrected chi connectivity index (χ1v) is 6.29. The third kappa shape index (κ3) is 1.75. The maximum absolute atomic E-state index is 11.9. The monoisotopic (exact) mass is 231 g/mol. The summed E-state index contributed by atoms with van der Waals surface area (Å²) in [5.74, 6) is 0.243. The third-order valence-electron chi connectivity index (χ3n) is 3.75. The standard InChI is InChI=1S/C14H17NO2/c1-10-14(11-6-3-2-4-7-11)17-13-9-5-8-12(16)15(10)13/h2-4,6-7,10,13-14H,5,8-9H2,1H3/t10-,13+,14-/m1/s1. The quantitative estimate of drug-likeness (QED) is 0.743. The number of piperidine rings is 1. The number of nitrogens with zero attached hydrogens (tertiary/aromatic N) is 1. The molecule has 2 fully saturated rings. The van der Waals surface area contributed by atoms with Gasteiger partial charge < -0.3 is 9.64 Å². The van der Waals surface area contributed by atoms with E-state index in [2.05, 4.69) is 19.1 Å². The average Bonchev–Trinajstić information content (AvgIpc) is 2.69. The first-order valence-electron chi connectivity index (χ1n) is 6.29. The minimum absolute atomic E-state index is 0.00328. The Bertz CT molecular complexity index is 417. The van der Waals surface area contributed by atoms with Gasteiger partial charge in [-0.3, -0.25) is 4.79 Å². The van der Waals surface area contributed by atoms with Crippen LogP contribution in [0.5, 0.6) is 0 Å². The molecule has 1 amide bonds. The van der Waals surface area contributed by atoms with Crippen LogP contribution < -0.4 is 0 Å². The largest absolute Gasteiger partial charge is 0.348 e. The minimum atomic E-state index is -0.00328. The summed E-state index contributed by atoms with van der Waals surface area (Å²) in [6.45, 7) is 2.08. The number of rotatable bonds is 1. The minimum Gasteiger partial charge on any atom is -0.348 e. The summed E-state index contributed by atoms with van der Waals surface area (Å²) in [7, 11) is 0. The molecule has 3 heteroatoms. The van der Waals surface area contributed by atoms with Crippen LogP contribution in [0.25, 0.3) is 0 Å². The van der Waals surface area contributed by atoms with Gasteiger partial charge in [-0.25, -0.2) is 0 Å². The lowest BCUT2D eigenvalue weighted by atomic mass is 10.0. The molecule has 2 aliphatic rings. The predicted octanol–water partition coefficient (Wildman–Crippen LogP) is 2.49. The van der Waals surface area contributed by atoms with Gasteiger partial charge in [0.25, 0.3) is 0 Å². The van der Waals surface area contributed by atoms with Gasteiger partial charge in [0.05, 0.1) is 6.04 Å². The lowest BCUT2D eigenvalue weighted by Crippen LogP contribution is -2.43. The Hall–Kier alpha value is -1.35. The number of fused-ring (bicyclic) bond motifs is 1. The summed E-state index contributed by atoms with van der Waals surface area (Å²) in [6.07, 6.45) is 2.62. The smallest absolute Gasteiger partial charge is 0.224 e. The Balaban J connectivity index is 1.88. The van der Waals surface area contributed by atoms with E-state index >= 15 is 0 Å². The zero-order chi connectivity index (χ0) is 11.8. The third-order valence-corrected chi connectivity index (χ3v) is 3.75. The first kappa shape index (κ1) is 10.8. The second-order valence-electron chi connectivity index (χ2n) is 4.86. The fourth-order valence-electron chi connectivity index (χ4n) is 2.91. The number of benzene rings is 1. The van der Waals surface area contributed by atoms with E-state index in [1.54, 1.807) is 0 Å². The highest BCUT2D eigenvalue weighted by Gasteiger charge is 2.44. The van der Waals surface area contributed by atoms with Crippen molar-refractivity contribution >= 4 is 5.91 Å². The van der Waals surface area contributed by atoms with E-state index in [9.17, 15) is 4.79 Å². The molecule has 3 atom stereocenters. The van der Waals surface area contributed by atoms with Gasteiger partial charge in [-0.05, 0) is 25.3 Å². The van der Waals surface area contributed by atoms with Gasteiger partial charge in [-0.1, -0.05) is 30.3 Å². The molecule has 2 aliphatic heterocycles. The van der Waals surface area contributed by atoms with Crippen molar-refractivity contribution in [1.82, 2.24) is 4.90 Å². The summed E-state index contributed by atoms with van der Waals surface area (Å²) in [5.41, 5.74) is 1.17. The van der Waals surface area contributed by atoms with Crippen LogP contribution in [-0.2, 0) is 9.53 Å². The Morgan fingerprint density at radius 2 is 2.06 bits per heavy atom. The normalized spacial score (nSPS) is 32.6. The van der Waals surface area contributed by atoms with Crippen molar-refractivity contribution in [1.29, 1.82) is 0 Å². The van der Waals surface area contributed by atoms with Gasteiger partial charge in [0.15, 0.2) is 0 Å². The van der Waals surface area contributed by atoms with E-state index in [0.717, 1.165) is 12.8 Å². The van der Waals surface area contributed by atoms with Crippen molar-refractivity contribution in [2.24, 2.45) is 0 Å². The number of carbonyl (C=O) groups is 1. The van der Waals surface area contributed by atoms with Crippen LogP contribution in [0, 0.1) is 0 Å². The number of hydrogen-bond donors (Lipinski definition) is 0. The average molecular weight is 231 g/mol. The highest BCUT2D eigenvalue weighted by Crippen LogP contribution is 2.38. The number of amides is 1. The Morgan fingerprint density at radius 3 is 2.76 bits per heavy atom. The van der Waals surface area contributed by atoms with Crippen molar-refractivity contribution in [3.8, 4) is 0 Å². The fraction of sp³-hybridized carbons (Fsp3) is 0.500.